The minimum Gasteiger partial charge on any atom is -0.493 e. The van der Waals surface area contributed by atoms with Crippen LogP contribution in [0.4, 0.5) is 13.2 Å². The molecule has 1 aromatic heterocycles. The summed E-state index contributed by atoms with van der Waals surface area (Å²) in [5, 5.41) is 4.26. The largest absolute Gasteiger partial charge is 0.493 e. The molecular weight excluding hydrogens is 463 g/mol. The summed E-state index contributed by atoms with van der Waals surface area (Å²) in [7, 11) is 3.07. The zero-order chi connectivity index (χ0) is 25.5. The van der Waals surface area contributed by atoms with Crippen molar-refractivity contribution >= 4 is 11.7 Å². The van der Waals surface area contributed by atoms with E-state index in [1.165, 1.54) is 28.8 Å². The van der Waals surface area contributed by atoms with Crippen LogP contribution in [0.15, 0.2) is 36.4 Å². The lowest BCUT2D eigenvalue weighted by Gasteiger charge is -2.29. The van der Waals surface area contributed by atoms with Crippen molar-refractivity contribution in [1.29, 1.82) is 0 Å². The van der Waals surface area contributed by atoms with Crippen molar-refractivity contribution in [2.45, 2.75) is 33.0 Å². The Kier molecular flexibility index (Phi) is 6.31. The second-order valence-corrected chi connectivity index (χ2v) is 8.29. The number of amides is 1. The van der Waals surface area contributed by atoms with Crippen LogP contribution in [0.1, 0.15) is 38.4 Å². The molecule has 0 saturated carbocycles. The van der Waals surface area contributed by atoms with E-state index in [4.69, 9.17) is 9.47 Å². The Morgan fingerprint density at radius 2 is 1.66 bits per heavy atom. The third-order valence-corrected chi connectivity index (χ3v) is 6.14. The van der Waals surface area contributed by atoms with Gasteiger partial charge in [0, 0.05) is 13.1 Å². The van der Waals surface area contributed by atoms with Gasteiger partial charge in [-0.3, -0.25) is 9.59 Å². The summed E-state index contributed by atoms with van der Waals surface area (Å²) in [6.45, 7) is 3.68. The number of halogens is 3. The second kappa shape index (κ2) is 9.09. The first-order chi connectivity index (χ1) is 16.5. The maximum Gasteiger partial charge on any atom is 0.416 e. The lowest BCUT2D eigenvalue weighted by Crippen LogP contribution is -2.40. The molecule has 0 spiro atoms. The minimum absolute atomic E-state index is 0.0884. The van der Waals surface area contributed by atoms with Gasteiger partial charge in [0.25, 0.3) is 11.7 Å². The molecule has 7 nitrogen and oxygen atoms in total. The number of fused-ring (bicyclic) bond motifs is 1. The highest BCUT2D eigenvalue weighted by Crippen LogP contribution is 2.34. The Morgan fingerprint density at radius 1 is 1.00 bits per heavy atom. The van der Waals surface area contributed by atoms with Crippen molar-refractivity contribution in [2.24, 2.45) is 0 Å². The molecule has 0 N–H and O–H groups in total. The zero-order valence-electron chi connectivity index (χ0n) is 19.7. The van der Waals surface area contributed by atoms with Gasteiger partial charge in [-0.05, 0) is 61.7 Å². The maximum absolute atomic E-state index is 13.2. The normalized spacial score (nSPS) is 13.4. The lowest BCUT2D eigenvalue weighted by atomic mass is 9.97. The van der Waals surface area contributed by atoms with Gasteiger partial charge in [0.1, 0.15) is 0 Å². The van der Waals surface area contributed by atoms with Gasteiger partial charge in [-0.1, -0.05) is 6.07 Å². The number of carbonyl (C=O) groups is 2. The Labute approximate surface area is 200 Å². The maximum atomic E-state index is 13.2. The Morgan fingerprint density at radius 3 is 2.29 bits per heavy atom. The van der Waals surface area contributed by atoms with Crippen LogP contribution in [0.3, 0.4) is 0 Å². The Hall–Kier alpha value is -3.82. The van der Waals surface area contributed by atoms with Crippen LogP contribution in [0.25, 0.3) is 5.69 Å². The lowest BCUT2D eigenvalue weighted by molar-refractivity contribution is -0.137. The number of rotatable bonds is 5. The smallest absolute Gasteiger partial charge is 0.416 e. The monoisotopic (exact) mass is 487 g/mol. The summed E-state index contributed by atoms with van der Waals surface area (Å²) in [4.78, 5) is 27.8. The Balaban J connectivity index is 1.61. The molecule has 4 rings (SSSR count). The predicted molar refractivity (Wildman–Crippen MR) is 121 cm³/mol. The molecule has 184 valence electrons. The third kappa shape index (κ3) is 4.48. The van der Waals surface area contributed by atoms with E-state index in [1.807, 2.05) is 6.07 Å². The van der Waals surface area contributed by atoms with Gasteiger partial charge in [-0.2, -0.15) is 18.3 Å². The molecule has 0 aliphatic carbocycles. The number of nitrogens with zero attached hydrogens (tertiary/aromatic N) is 3. The van der Waals surface area contributed by atoms with Gasteiger partial charge in [-0.25, -0.2) is 4.68 Å². The van der Waals surface area contributed by atoms with Crippen molar-refractivity contribution in [2.75, 3.05) is 20.8 Å². The van der Waals surface area contributed by atoms with Crippen LogP contribution in [-0.4, -0.2) is 47.1 Å². The fourth-order valence-electron chi connectivity index (χ4n) is 4.34. The van der Waals surface area contributed by atoms with E-state index in [2.05, 4.69) is 5.10 Å². The van der Waals surface area contributed by atoms with E-state index in [0.717, 1.165) is 23.3 Å². The highest BCUT2D eigenvalue weighted by Gasteiger charge is 2.33. The van der Waals surface area contributed by atoms with Crippen molar-refractivity contribution in [3.8, 4) is 17.2 Å². The van der Waals surface area contributed by atoms with Crippen LogP contribution in [0.2, 0.25) is 0 Å². The SMILES string of the molecule is COc1cc2c(cc1OC)CN(C(=O)C(=O)c1c(C)nn(-c3cccc(C(F)(F)F)c3)c1C)CC2. The summed E-state index contributed by atoms with van der Waals surface area (Å²) in [5.41, 5.74) is 1.83. The van der Waals surface area contributed by atoms with Gasteiger partial charge in [0.15, 0.2) is 11.5 Å². The molecule has 0 saturated heterocycles. The molecular formula is C25H24F3N3O4. The second-order valence-electron chi connectivity index (χ2n) is 8.29. The zero-order valence-corrected chi connectivity index (χ0v) is 19.7. The van der Waals surface area contributed by atoms with E-state index in [-0.39, 0.29) is 23.5 Å². The first-order valence-electron chi connectivity index (χ1n) is 10.9. The van der Waals surface area contributed by atoms with E-state index >= 15 is 0 Å². The highest BCUT2D eigenvalue weighted by atomic mass is 19.4. The van der Waals surface area contributed by atoms with E-state index in [0.29, 0.717) is 30.2 Å². The summed E-state index contributed by atoms with van der Waals surface area (Å²) in [5.74, 6) is -0.321. The van der Waals surface area contributed by atoms with E-state index in [1.54, 1.807) is 27.0 Å². The molecule has 1 aliphatic heterocycles. The highest BCUT2D eigenvalue weighted by molar-refractivity contribution is 6.43. The number of Topliss-reactive ketones (excluding diaryl/α,β-unsaturated/α-hetero) is 1. The number of aryl methyl sites for hydroxylation is 1. The van der Waals surface area contributed by atoms with Crippen molar-refractivity contribution in [3.63, 3.8) is 0 Å². The molecule has 3 aromatic rings. The summed E-state index contributed by atoms with van der Waals surface area (Å²) in [6, 6.07) is 8.32. The number of ether oxygens (including phenoxy) is 2. The number of hydrogen-bond acceptors (Lipinski definition) is 5. The van der Waals surface area contributed by atoms with E-state index in [9.17, 15) is 22.8 Å². The van der Waals surface area contributed by atoms with Crippen molar-refractivity contribution < 1.29 is 32.2 Å². The van der Waals surface area contributed by atoms with E-state index < -0.39 is 23.4 Å². The average molecular weight is 487 g/mol. The van der Waals surface area contributed by atoms with Gasteiger partial charge in [0.05, 0.1) is 42.4 Å². The molecule has 0 unspecified atom stereocenters. The van der Waals surface area contributed by atoms with Crippen LogP contribution < -0.4 is 9.47 Å². The average Bonchev–Trinajstić information content (AvgIpc) is 3.14. The molecule has 35 heavy (non-hydrogen) atoms. The number of benzene rings is 2. The van der Waals surface area contributed by atoms with Crippen molar-refractivity contribution in [1.82, 2.24) is 14.7 Å². The predicted octanol–water partition coefficient (Wildman–Crippen LogP) is 4.29. The first kappa shape index (κ1) is 24.3. The molecule has 1 amide bonds. The number of alkyl halides is 3. The molecule has 10 heteroatoms. The Bertz CT molecular complexity index is 1310. The summed E-state index contributed by atoms with van der Waals surface area (Å²) >= 11 is 0. The number of methoxy groups -OCH3 is 2. The quantitative estimate of drug-likeness (QED) is 0.397. The van der Waals surface area contributed by atoms with Crippen molar-refractivity contribution in [3.05, 3.63) is 70.0 Å². The number of aromatic nitrogens is 2. The molecule has 2 aromatic carbocycles. The molecule has 1 aliphatic rings. The molecule has 2 heterocycles. The number of carbonyl (C=O) groups excluding carboxylic acids is 2. The third-order valence-electron chi connectivity index (χ3n) is 6.14. The van der Waals surface area contributed by atoms with Crippen LogP contribution in [0, 0.1) is 13.8 Å². The molecule has 0 bridgehead atoms. The van der Waals surface area contributed by atoms with Gasteiger partial charge >= 0.3 is 6.18 Å². The van der Waals surface area contributed by atoms with Crippen LogP contribution in [0.5, 0.6) is 11.5 Å². The van der Waals surface area contributed by atoms with Gasteiger partial charge in [-0.15, -0.1) is 0 Å². The number of ketones is 1. The van der Waals surface area contributed by atoms with Gasteiger partial charge in [0.2, 0.25) is 0 Å². The van der Waals surface area contributed by atoms with Gasteiger partial charge < -0.3 is 14.4 Å². The molecule has 0 radical (unpaired) electrons. The van der Waals surface area contributed by atoms with Crippen LogP contribution in [-0.2, 0) is 23.9 Å². The topological polar surface area (TPSA) is 73.7 Å². The first-order valence-corrected chi connectivity index (χ1v) is 10.9. The molecule has 0 fully saturated rings. The van der Waals surface area contributed by atoms with Crippen LogP contribution >= 0.6 is 0 Å². The summed E-state index contributed by atoms with van der Waals surface area (Å²) < 4.78 is 51.4. The minimum atomic E-state index is -4.52. The fourth-order valence-corrected chi connectivity index (χ4v) is 4.34. The fraction of sp³-hybridized carbons (Fsp3) is 0.320. The summed E-state index contributed by atoms with van der Waals surface area (Å²) in [6.07, 6.45) is -3.98. The number of hydrogen-bond donors (Lipinski definition) is 0. The molecule has 0 atom stereocenters. The standard InChI is InChI=1S/C25H24F3N3O4/c1-14-22(15(2)31(29-14)19-7-5-6-18(12-19)25(26,27)28)23(32)24(33)30-9-8-16-10-20(34-3)21(35-4)11-17(16)13-30/h5-7,10-12H,8-9,13H2,1-4H3.